The van der Waals surface area contributed by atoms with Gasteiger partial charge in [0, 0.05) is 16.9 Å². The number of hydrogen-bond acceptors (Lipinski definition) is 2. The van der Waals surface area contributed by atoms with Gasteiger partial charge >= 0.3 is 6.18 Å². The molecular weight excluding hydrogens is 293 g/mol. The molecule has 0 aromatic heterocycles. The molecule has 0 spiro atoms. The van der Waals surface area contributed by atoms with E-state index in [0.29, 0.717) is 30.3 Å². The lowest BCUT2D eigenvalue weighted by Crippen LogP contribution is -2.34. The Balaban J connectivity index is 0.000000956. The quantitative estimate of drug-likeness (QED) is 0.618. The predicted molar refractivity (Wildman–Crippen MR) is 72.5 cm³/mol. The average molecular weight is 309 g/mol. The fraction of sp³-hybridized carbons (Fsp3) is 0.462. The van der Waals surface area contributed by atoms with E-state index >= 15 is 0 Å². The van der Waals surface area contributed by atoms with Crippen LogP contribution >= 0.6 is 9.24 Å². The first-order valence-corrected chi connectivity index (χ1v) is 6.60. The summed E-state index contributed by atoms with van der Waals surface area (Å²) in [6, 6.07) is 4.37. The van der Waals surface area contributed by atoms with E-state index in [1.54, 1.807) is 18.2 Å². The number of hydrogen-bond donors (Lipinski definition) is 0. The Labute approximate surface area is 117 Å². The van der Waals surface area contributed by atoms with Crippen LogP contribution in [0.15, 0.2) is 18.2 Å². The van der Waals surface area contributed by atoms with Crippen LogP contribution in [-0.4, -0.2) is 31.0 Å². The molecule has 0 saturated carbocycles. The van der Waals surface area contributed by atoms with Crippen molar-refractivity contribution in [1.29, 1.82) is 0 Å². The Bertz CT molecular complexity index is 452. The third kappa shape index (κ3) is 4.25. The Morgan fingerprint density at radius 3 is 2.60 bits per heavy atom. The maximum Gasteiger partial charge on any atom is 0.401 e. The summed E-state index contributed by atoms with van der Waals surface area (Å²) < 4.78 is 51.2. The minimum Gasteiger partial charge on any atom is -0.307 e. The van der Waals surface area contributed by atoms with Crippen molar-refractivity contribution < 1.29 is 22.4 Å². The van der Waals surface area contributed by atoms with Gasteiger partial charge in [-0.3, -0.25) is 4.90 Å². The predicted octanol–water partition coefficient (Wildman–Crippen LogP) is 2.84. The van der Waals surface area contributed by atoms with E-state index in [9.17, 15) is 17.6 Å². The van der Waals surface area contributed by atoms with Gasteiger partial charge in [-0.1, -0.05) is 18.2 Å². The topological polar surface area (TPSA) is 20.3 Å². The highest BCUT2D eigenvalue weighted by atomic mass is 31.0. The minimum absolute atomic E-state index is 0.365. The number of carbonyl (C=O) groups is 1. The van der Waals surface area contributed by atoms with Gasteiger partial charge in [0.05, 0.1) is 6.54 Å². The van der Waals surface area contributed by atoms with Crippen LogP contribution in [0.2, 0.25) is 0 Å². The first kappa shape index (κ1) is 17.1. The molecular formula is C13H16F4NOP. The maximum absolute atomic E-state index is 13.9. The summed E-state index contributed by atoms with van der Waals surface area (Å²) in [5.41, 5.74) is 0.365. The average Bonchev–Trinajstić information content (AvgIpc) is 2.81. The smallest absolute Gasteiger partial charge is 0.307 e. The van der Waals surface area contributed by atoms with E-state index in [-0.39, 0.29) is 0 Å². The molecule has 20 heavy (non-hydrogen) atoms. The van der Waals surface area contributed by atoms with Crippen molar-refractivity contribution in [3.8, 4) is 0 Å². The third-order valence-electron chi connectivity index (χ3n) is 3.16. The van der Waals surface area contributed by atoms with Crippen molar-refractivity contribution in [2.45, 2.75) is 25.1 Å². The van der Waals surface area contributed by atoms with Crippen LogP contribution in [0.25, 0.3) is 0 Å². The van der Waals surface area contributed by atoms with Gasteiger partial charge in [0.1, 0.15) is 12.6 Å². The molecule has 2 rings (SSSR count). The number of rotatable bonds is 2. The highest BCUT2D eigenvalue weighted by Crippen LogP contribution is 2.35. The summed E-state index contributed by atoms with van der Waals surface area (Å²) in [7, 11) is 2.26. The van der Waals surface area contributed by atoms with Crippen molar-refractivity contribution in [1.82, 2.24) is 4.90 Å². The molecule has 1 fully saturated rings. The van der Waals surface area contributed by atoms with E-state index in [1.807, 2.05) is 6.79 Å². The number of halogens is 4. The summed E-state index contributed by atoms with van der Waals surface area (Å²) in [5, 5.41) is 0.395. The SMILES string of the molecule is C=O.Fc1c(P)cccc1C1CCCN1CC(F)(F)F. The van der Waals surface area contributed by atoms with Crippen LogP contribution < -0.4 is 5.30 Å². The largest absolute Gasteiger partial charge is 0.401 e. The molecule has 0 radical (unpaired) electrons. The summed E-state index contributed by atoms with van der Waals surface area (Å²) in [6.45, 7) is 1.39. The number of benzene rings is 1. The molecule has 0 N–H and O–H groups in total. The second-order valence-electron chi connectivity index (χ2n) is 4.49. The molecule has 1 aromatic carbocycles. The van der Waals surface area contributed by atoms with Gasteiger partial charge in [-0.2, -0.15) is 13.2 Å². The van der Waals surface area contributed by atoms with Gasteiger partial charge in [0.2, 0.25) is 0 Å². The van der Waals surface area contributed by atoms with Gasteiger partial charge in [0.25, 0.3) is 0 Å². The first-order valence-electron chi connectivity index (χ1n) is 6.02. The first-order chi connectivity index (χ1) is 9.38. The molecule has 1 saturated heterocycles. The van der Waals surface area contributed by atoms with Gasteiger partial charge < -0.3 is 4.79 Å². The standard InChI is InChI=1S/C12H14F4NP.CH2O/c13-11-8(3-1-5-10(11)18)9-4-2-6-17(9)7-12(14,15)16;1-2/h1,3,5,9H,2,4,6-7,18H2;1H2. The molecule has 1 aliphatic rings. The van der Waals surface area contributed by atoms with Gasteiger partial charge in [-0.25, -0.2) is 4.39 Å². The molecule has 112 valence electrons. The lowest BCUT2D eigenvalue weighted by Gasteiger charge is -2.26. The second-order valence-corrected chi connectivity index (χ2v) is 5.12. The number of alkyl halides is 3. The summed E-state index contributed by atoms with van der Waals surface area (Å²) in [6.07, 6.45) is -3.00. The fourth-order valence-electron chi connectivity index (χ4n) is 2.42. The van der Waals surface area contributed by atoms with Gasteiger partial charge in [-0.05, 0) is 19.4 Å². The van der Waals surface area contributed by atoms with Crippen LogP contribution in [0.1, 0.15) is 24.4 Å². The third-order valence-corrected chi connectivity index (χ3v) is 3.61. The van der Waals surface area contributed by atoms with Crippen LogP contribution in [0.5, 0.6) is 0 Å². The lowest BCUT2D eigenvalue weighted by molar-refractivity contribution is -0.147. The Morgan fingerprint density at radius 1 is 1.35 bits per heavy atom. The van der Waals surface area contributed by atoms with Crippen molar-refractivity contribution in [2.24, 2.45) is 0 Å². The molecule has 1 heterocycles. The maximum atomic E-state index is 13.9. The Morgan fingerprint density at radius 2 is 2.00 bits per heavy atom. The fourth-order valence-corrected chi connectivity index (χ4v) is 2.70. The molecule has 0 bridgehead atoms. The van der Waals surface area contributed by atoms with Gasteiger partial charge in [0.15, 0.2) is 0 Å². The molecule has 2 unspecified atom stereocenters. The van der Waals surface area contributed by atoms with E-state index in [4.69, 9.17) is 4.79 Å². The molecule has 0 amide bonds. The zero-order chi connectivity index (χ0) is 15.3. The van der Waals surface area contributed by atoms with Gasteiger partial charge in [-0.15, -0.1) is 9.24 Å². The summed E-state index contributed by atoms with van der Waals surface area (Å²) >= 11 is 0. The van der Waals surface area contributed by atoms with E-state index in [0.717, 1.165) is 0 Å². The number of carbonyl (C=O) groups excluding carboxylic acids is 1. The minimum atomic E-state index is -4.24. The van der Waals surface area contributed by atoms with Crippen molar-refractivity contribution in [2.75, 3.05) is 13.1 Å². The molecule has 2 atom stereocenters. The van der Waals surface area contributed by atoms with Crippen LogP contribution in [0.3, 0.4) is 0 Å². The zero-order valence-corrected chi connectivity index (χ0v) is 11.9. The monoisotopic (exact) mass is 309 g/mol. The van der Waals surface area contributed by atoms with Crippen LogP contribution in [0.4, 0.5) is 17.6 Å². The number of nitrogens with zero attached hydrogens (tertiary/aromatic N) is 1. The zero-order valence-electron chi connectivity index (χ0n) is 10.8. The highest BCUT2D eigenvalue weighted by Gasteiger charge is 2.37. The van der Waals surface area contributed by atoms with Crippen molar-refractivity contribution >= 4 is 21.3 Å². The Hall–Kier alpha value is -1.00. The summed E-state index contributed by atoms with van der Waals surface area (Å²) in [4.78, 5) is 9.31. The van der Waals surface area contributed by atoms with Crippen molar-refractivity contribution in [3.63, 3.8) is 0 Å². The molecule has 2 nitrogen and oxygen atoms in total. The molecule has 1 aromatic rings. The highest BCUT2D eigenvalue weighted by molar-refractivity contribution is 7.27. The Kier molecular flexibility index (Phi) is 6.08. The van der Waals surface area contributed by atoms with E-state index < -0.39 is 24.6 Å². The molecule has 1 aliphatic heterocycles. The summed E-state index contributed by atoms with van der Waals surface area (Å²) in [5.74, 6) is -0.415. The van der Waals surface area contributed by atoms with E-state index in [2.05, 4.69) is 9.24 Å². The normalized spacial score (nSPS) is 19.6. The van der Waals surface area contributed by atoms with Crippen molar-refractivity contribution in [3.05, 3.63) is 29.6 Å². The van der Waals surface area contributed by atoms with E-state index in [1.165, 1.54) is 4.90 Å². The second kappa shape index (κ2) is 7.14. The lowest BCUT2D eigenvalue weighted by atomic mass is 10.0. The number of likely N-dealkylation sites (tertiary alicyclic amines) is 1. The molecule has 7 heteroatoms. The molecule has 0 aliphatic carbocycles. The van der Waals surface area contributed by atoms with Crippen LogP contribution in [0, 0.1) is 5.82 Å². The van der Waals surface area contributed by atoms with Crippen LogP contribution in [-0.2, 0) is 4.79 Å².